The molecule has 16 heavy (non-hydrogen) atoms. The quantitative estimate of drug-likeness (QED) is 0.507. The van der Waals surface area contributed by atoms with Crippen LogP contribution in [0.1, 0.15) is 41.5 Å². The van der Waals surface area contributed by atoms with Gasteiger partial charge in [0.15, 0.2) is 0 Å². The Hall–Kier alpha value is -0.208. The van der Waals surface area contributed by atoms with Crippen molar-refractivity contribution in [3.63, 3.8) is 0 Å². The van der Waals surface area contributed by atoms with Gasteiger partial charge in [-0.25, -0.2) is 0 Å². The average molecular weight is 244 g/mol. The summed E-state index contributed by atoms with van der Waals surface area (Å²) in [5.41, 5.74) is 0. The number of carbonyl (C=O) groups excluding carboxylic acids is 2. The van der Waals surface area contributed by atoms with E-state index in [1.165, 1.54) is 13.8 Å². The Bertz CT molecular complexity index is 226. The first-order chi connectivity index (χ1) is 7.25. The third-order valence-corrected chi connectivity index (χ3v) is 5.07. The fourth-order valence-corrected chi connectivity index (χ4v) is 3.61. The maximum absolute atomic E-state index is 11.4. The molecule has 0 radical (unpaired) electrons. The molecule has 0 N–H and O–H groups in total. The molecule has 0 saturated heterocycles. The van der Waals surface area contributed by atoms with Gasteiger partial charge in [0.25, 0.3) is 0 Å². The Kier molecular flexibility index (Phi) is 7.09. The van der Waals surface area contributed by atoms with Crippen LogP contribution in [0.25, 0.3) is 0 Å². The van der Waals surface area contributed by atoms with Gasteiger partial charge in [-0.2, -0.15) is 0 Å². The first-order valence-electron chi connectivity index (χ1n) is 5.57. The molecule has 0 amide bonds. The highest BCUT2D eigenvalue weighted by Crippen LogP contribution is 2.18. The molecule has 0 atom stereocenters. The van der Waals surface area contributed by atoms with E-state index in [1.54, 1.807) is 0 Å². The SMILES string of the molecule is CC(=O)[CH](C(C)=O)[Al]([O]C(C)C)[O]C(C)C. The van der Waals surface area contributed by atoms with E-state index in [4.69, 9.17) is 7.58 Å². The smallest absolute Gasteiger partial charge is 0.476 e. The van der Waals surface area contributed by atoms with Gasteiger partial charge in [-0.05, 0) is 41.5 Å². The molecule has 0 rings (SSSR count). The van der Waals surface area contributed by atoms with Crippen molar-refractivity contribution in [3.8, 4) is 0 Å². The summed E-state index contributed by atoms with van der Waals surface area (Å²) in [6.45, 7) is 10.3. The van der Waals surface area contributed by atoms with E-state index in [0.29, 0.717) is 0 Å². The van der Waals surface area contributed by atoms with Crippen LogP contribution in [0, 0.1) is 0 Å². The van der Waals surface area contributed by atoms with Gasteiger partial charge in [0.05, 0.1) is 4.78 Å². The van der Waals surface area contributed by atoms with Crippen molar-refractivity contribution in [3.05, 3.63) is 0 Å². The van der Waals surface area contributed by atoms with E-state index in [9.17, 15) is 9.59 Å². The lowest BCUT2D eigenvalue weighted by Gasteiger charge is -2.22. The molecule has 0 unspecified atom stereocenters. The van der Waals surface area contributed by atoms with Crippen molar-refractivity contribution in [2.45, 2.75) is 58.5 Å². The molecule has 0 spiro atoms. The third-order valence-electron chi connectivity index (χ3n) is 1.96. The molecule has 0 aliphatic rings. The molecule has 0 aromatic heterocycles. The van der Waals surface area contributed by atoms with E-state index >= 15 is 0 Å². The summed E-state index contributed by atoms with van der Waals surface area (Å²) in [7, 11) is 0. The molecule has 0 bridgehead atoms. The lowest BCUT2D eigenvalue weighted by atomic mass is 10.2. The Morgan fingerprint density at radius 3 is 1.38 bits per heavy atom. The zero-order valence-electron chi connectivity index (χ0n) is 10.9. The van der Waals surface area contributed by atoms with Crippen molar-refractivity contribution >= 4 is 26.4 Å². The number of hydrogen-bond acceptors (Lipinski definition) is 4. The molecule has 4 nitrogen and oxygen atoms in total. The number of ketones is 2. The minimum atomic E-state index is -2.28. The van der Waals surface area contributed by atoms with Crippen LogP contribution in [0.15, 0.2) is 0 Å². The minimum absolute atomic E-state index is 0.0309. The van der Waals surface area contributed by atoms with Crippen LogP contribution in [0.4, 0.5) is 0 Å². The fraction of sp³-hybridized carbons (Fsp3) is 0.818. The molecular formula is C11H21AlO4. The Morgan fingerprint density at radius 2 is 1.19 bits per heavy atom. The van der Waals surface area contributed by atoms with Gasteiger partial charge in [0.1, 0.15) is 11.6 Å². The van der Waals surface area contributed by atoms with Gasteiger partial charge in [-0.1, -0.05) is 0 Å². The van der Waals surface area contributed by atoms with E-state index in [2.05, 4.69) is 0 Å². The van der Waals surface area contributed by atoms with Crippen LogP contribution in [0.5, 0.6) is 0 Å². The van der Waals surface area contributed by atoms with E-state index < -0.39 is 19.6 Å². The van der Waals surface area contributed by atoms with Crippen molar-refractivity contribution in [2.75, 3.05) is 0 Å². The van der Waals surface area contributed by atoms with Gasteiger partial charge in [0.2, 0.25) is 0 Å². The monoisotopic (exact) mass is 244 g/mol. The Balaban J connectivity index is 4.80. The second-order valence-electron chi connectivity index (χ2n) is 4.44. The van der Waals surface area contributed by atoms with Crippen LogP contribution >= 0.6 is 0 Å². The summed E-state index contributed by atoms with van der Waals surface area (Å²) in [5, 5.41) is 0. The predicted molar refractivity (Wildman–Crippen MR) is 63.3 cm³/mol. The second-order valence-corrected chi connectivity index (χ2v) is 6.38. The molecule has 0 aliphatic heterocycles. The molecular weight excluding hydrogens is 223 g/mol. The van der Waals surface area contributed by atoms with Crippen molar-refractivity contribution < 1.29 is 17.2 Å². The van der Waals surface area contributed by atoms with E-state index in [1.807, 2.05) is 27.7 Å². The van der Waals surface area contributed by atoms with Crippen LogP contribution in [-0.2, 0) is 17.2 Å². The molecule has 0 saturated carbocycles. The maximum atomic E-state index is 11.4. The van der Waals surface area contributed by atoms with Crippen molar-refractivity contribution in [1.82, 2.24) is 0 Å². The molecule has 0 aromatic carbocycles. The van der Waals surface area contributed by atoms with Gasteiger partial charge in [0, 0.05) is 12.2 Å². The van der Waals surface area contributed by atoms with Crippen LogP contribution in [0.3, 0.4) is 0 Å². The highest BCUT2D eigenvalue weighted by molar-refractivity contribution is 6.58. The summed E-state index contributed by atoms with van der Waals surface area (Å²) >= 11 is -2.28. The van der Waals surface area contributed by atoms with Crippen LogP contribution in [0.2, 0.25) is 4.78 Å². The van der Waals surface area contributed by atoms with Gasteiger partial charge >= 0.3 is 14.8 Å². The molecule has 92 valence electrons. The summed E-state index contributed by atoms with van der Waals surface area (Å²) in [6.07, 6.45) is -0.0618. The van der Waals surface area contributed by atoms with E-state index in [-0.39, 0.29) is 23.8 Å². The van der Waals surface area contributed by atoms with E-state index in [0.717, 1.165) is 0 Å². The number of hydrogen-bond donors (Lipinski definition) is 0. The number of carbonyl (C=O) groups is 2. The zero-order valence-corrected chi connectivity index (χ0v) is 12.1. The van der Waals surface area contributed by atoms with Gasteiger partial charge in [-0.3, -0.25) is 0 Å². The highest BCUT2D eigenvalue weighted by Gasteiger charge is 2.44. The lowest BCUT2D eigenvalue weighted by molar-refractivity contribution is -0.125. The normalized spacial score (nSPS) is 11.3. The molecule has 5 heteroatoms. The minimum Gasteiger partial charge on any atom is -0.476 e. The van der Waals surface area contributed by atoms with Crippen LogP contribution in [-0.4, -0.2) is 38.6 Å². The topological polar surface area (TPSA) is 52.6 Å². The Labute approximate surface area is 102 Å². The van der Waals surface area contributed by atoms with Gasteiger partial charge in [-0.15, -0.1) is 0 Å². The Morgan fingerprint density at radius 1 is 0.875 bits per heavy atom. The highest BCUT2D eigenvalue weighted by atomic mass is 27.2. The fourth-order valence-electron chi connectivity index (χ4n) is 1.40. The molecule has 0 heterocycles. The second kappa shape index (κ2) is 7.18. The summed E-state index contributed by atoms with van der Waals surface area (Å²) < 4.78 is 10.6. The summed E-state index contributed by atoms with van der Waals surface area (Å²) in [6, 6.07) is 0. The third kappa shape index (κ3) is 5.76. The standard InChI is InChI=1S/C5H7O2.2C3H7O.Al/c1-4(6)3-5(2)7;2*1-3(2)4;/h3H,1-2H3;2*3H,1-2H3;/q;2*-1;+2. The van der Waals surface area contributed by atoms with Crippen molar-refractivity contribution in [2.24, 2.45) is 0 Å². The first-order valence-corrected chi connectivity index (χ1v) is 7.18. The molecule has 0 aliphatic carbocycles. The molecule has 0 aromatic rings. The molecule has 0 fully saturated rings. The predicted octanol–water partition coefficient (Wildman–Crippen LogP) is 1.87. The zero-order chi connectivity index (χ0) is 12.9. The average Bonchev–Trinajstić information content (AvgIpc) is 1.98. The summed E-state index contributed by atoms with van der Waals surface area (Å²) in [4.78, 5) is 22.9. The maximum Gasteiger partial charge on any atom is 0.694 e. The summed E-state index contributed by atoms with van der Waals surface area (Å²) in [5.74, 6) is -0.323. The van der Waals surface area contributed by atoms with Crippen LogP contribution < -0.4 is 0 Å². The number of rotatable bonds is 7. The lowest BCUT2D eigenvalue weighted by Crippen LogP contribution is -2.40. The van der Waals surface area contributed by atoms with Gasteiger partial charge < -0.3 is 17.2 Å². The largest absolute Gasteiger partial charge is 0.694 e. The first kappa shape index (κ1) is 15.8. The van der Waals surface area contributed by atoms with Crippen molar-refractivity contribution in [1.29, 1.82) is 0 Å². The number of Topliss-reactive ketones (excluding diaryl/α,β-unsaturated/α-hetero) is 2.